The topological polar surface area (TPSA) is 35.2 Å². The number of rotatable bonds is 1. The Balaban J connectivity index is 0. The van der Waals surface area contributed by atoms with E-state index in [2.05, 4.69) is 18.3 Å². The molecule has 0 saturated heterocycles. The minimum Gasteiger partial charge on any atom is -0.412 e. The predicted octanol–water partition coefficient (Wildman–Crippen LogP) is 0.00660. The molecule has 0 aliphatic carbocycles. The molecule has 0 amide bonds. The van der Waals surface area contributed by atoms with Crippen molar-refractivity contribution < 1.29 is 4.43 Å². The van der Waals surface area contributed by atoms with Crippen molar-refractivity contribution in [3.63, 3.8) is 0 Å². The normalized spacial score (nSPS) is 8.57. The van der Waals surface area contributed by atoms with Gasteiger partial charge in [0, 0.05) is 7.11 Å². The van der Waals surface area contributed by atoms with E-state index in [1.54, 1.807) is 7.11 Å². The Bertz CT molecular complexity index is 19.2. The van der Waals surface area contributed by atoms with Crippen molar-refractivity contribution in [2.75, 3.05) is 7.11 Å². The molecule has 0 heterocycles. The Morgan fingerprint density at radius 3 is 1.71 bits per heavy atom. The molecule has 3 heteroatoms. The summed E-state index contributed by atoms with van der Waals surface area (Å²) in [6.45, 7) is 4.25. The summed E-state index contributed by atoms with van der Waals surface area (Å²) in [4.78, 5) is 0. The van der Waals surface area contributed by atoms with Crippen LogP contribution in [0, 0.1) is 0 Å². The third-order valence-corrected chi connectivity index (χ3v) is 0.500. The van der Waals surface area contributed by atoms with Crippen LogP contribution >= 0.6 is 0 Å². The molecule has 0 aromatic rings. The standard InChI is InChI=1S/C3H8.CH7NOSi/c1-3-2;1-3-4-2/h3H2,1-2H3;2,4H2,1H3. The summed E-state index contributed by atoms with van der Waals surface area (Å²) in [7, 11) is 1.04. The lowest BCUT2D eigenvalue weighted by molar-refractivity contribution is 0.443. The Labute approximate surface area is 48.1 Å². The summed E-state index contributed by atoms with van der Waals surface area (Å²) in [5.41, 5.74) is 0. The van der Waals surface area contributed by atoms with Gasteiger partial charge in [0.25, 0.3) is 0 Å². The Morgan fingerprint density at radius 2 is 1.71 bits per heavy atom. The van der Waals surface area contributed by atoms with Gasteiger partial charge in [-0.1, -0.05) is 20.3 Å². The average molecular weight is 121 g/mol. The van der Waals surface area contributed by atoms with Gasteiger partial charge in [0.1, 0.15) is 0 Å². The molecule has 0 radical (unpaired) electrons. The van der Waals surface area contributed by atoms with Gasteiger partial charge in [0.15, 0.2) is 0 Å². The molecule has 0 spiro atoms. The fourth-order valence-electron chi connectivity index (χ4n) is 0. The Hall–Kier alpha value is 0.137. The molecule has 0 atom stereocenters. The second kappa shape index (κ2) is 16.5. The summed E-state index contributed by atoms with van der Waals surface area (Å²) in [6.07, 6.45) is 1.25. The Kier molecular flexibility index (Phi) is 23.9. The first-order valence-electron chi connectivity index (χ1n) is 2.52. The van der Waals surface area contributed by atoms with Crippen molar-refractivity contribution in [1.29, 1.82) is 0 Å². The molecule has 0 aromatic heterocycles. The van der Waals surface area contributed by atoms with Crippen molar-refractivity contribution in [2.45, 2.75) is 20.3 Å². The third kappa shape index (κ3) is 81.3. The van der Waals surface area contributed by atoms with Crippen molar-refractivity contribution in [1.82, 2.24) is 0 Å². The minimum absolute atomic E-state index is 0.576. The molecule has 2 nitrogen and oxygen atoms in total. The third-order valence-electron chi connectivity index (χ3n) is 0.167. The maximum absolute atomic E-state index is 4.94. The molecule has 0 aliphatic rings. The zero-order valence-corrected chi connectivity index (χ0v) is 6.81. The highest BCUT2D eigenvalue weighted by Crippen LogP contribution is 1.56. The molecular weight excluding hydrogens is 106 g/mol. The van der Waals surface area contributed by atoms with Crippen LogP contribution in [0.5, 0.6) is 0 Å². The molecule has 0 aromatic carbocycles. The van der Waals surface area contributed by atoms with E-state index in [-0.39, 0.29) is 0 Å². The fraction of sp³-hybridized carbons (Fsp3) is 1.00. The zero-order valence-electron chi connectivity index (χ0n) is 5.40. The zero-order chi connectivity index (χ0) is 6.12. The molecule has 0 saturated carbocycles. The van der Waals surface area contributed by atoms with Crippen LogP contribution in [0.15, 0.2) is 0 Å². The van der Waals surface area contributed by atoms with Crippen molar-refractivity contribution in [2.24, 2.45) is 5.40 Å². The van der Waals surface area contributed by atoms with Crippen LogP contribution in [-0.2, 0) is 4.43 Å². The van der Waals surface area contributed by atoms with Crippen LogP contribution in [0.1, 0.15) is 20.3 Å². The molecule has 46 valence electrons. The van der Waals surface area contributed by atoms with Crippen LogP contribution in [-0.4, -0.2) is 17.0 Å². The van der Waals surface area contributed by atoms with Crippen LogP contribution in [0.25, 0.3) is 0 Å². The highest BCUT2D eigenvalue weighted by molar-refractivity contribution is 6.21. The summed E-state index contributed by atoms with van der Waals surface area (Å²) in [5.74, 6) is 0. The van der Waals surface area contributed by atoms with Crippen LogP contribution in [0.4, 0.5) is 0 Å². The van der Waals surface area contributed by atoms with Gasteiger partial charge < -0.3 is 9.83 Å². The van der Waals surface area contributed by atoms with E-state index in [9.17, 15) is 0 Å². The summed E-state index contributed by atoms with van der Waals surface area (Å²) >= 11 is 0. The minimum atomic E-state index is -0.576. The van der Waals surface area contributed by atoms with E-state index in [0.29, 0.717) is 0 Å². The van der Waals surface area contributed by atoms with Crippen LogP contribution in [0.3, 0.4) is 0 Å². The molecule has 2 N–H and O–H groups in total. The molecule has 0 aliphatic heterocycles. The van der Waals surface area contributed by atoms with Crippen molar-refractivity contribution in [3.05, 3.63) is 0 Å². The van der Waals surface area contributed by atoms with E-state index >= 15 is 0 Å². The lowest BCUT2D eigenvalue weighted by Gasteiger charge is -1.75. The second-order valence-electron chi connectivity index (χ2n) is 1.16. The van der Waals surface area contributed by atoms with Gasteiger partial charge >= 0.3 is 0 Å². The number of hydrogen-bond acceptors (Lipinski definition) is 2. The maximum Gasteiger partial charge on any atom is 0.232 e. The summed E-state index contributed by atoms with van der Waals surface area (Å²) in [5, 5.41) is 4.94. The molecule has 0 unspecified atom stereocenters. The van der Waals surface area contributed by atoms with Crippen LogP contribution < -0.4 is 5.40 Å². The first-order valence-corrected chi connectivity index (χ1v) is 3.91. The highest BCUT2D eigenvalue weighted by atomic mass is 28.2. The van der Waals surface area contributed by atoms with Gasteiger partial charge in [-0.25, -0.2) is 0 Å². The fourth-order valence-corrected chi connectivity index (χ4v) is 0. The monoisotopic (exact) mass is 121 g/mol. The molecule has 0 rings (SSSR count). The predicted molar refractivity (Wildman–Crippen MR) is 35.7 cm³/mol. The smallest absolute Gasteiger partial charge is 0.232 e. The van der Waals surface area contributed by atoms with Gasteiger partial charge in [0.05, 0.1) is 0 Å². The van der Waals surface area contributed by atoms with Crippen molar-refractivity contribution in [3.8, 4) is 0 Å². The molecule has 7 heavy (non-hydrogen) atoms. The van der Waals surface area contributed by atoms with Gasteiger partial charge in [-0.05, 0) is 0 Å². The molecule has 0 fully saturated rings. The lowest BCUT2D eigenvalue weighted by atomic mass is 10.6. The lowest BCUT2D eigenvalue weighted by Crippen LogP contribution is -2.05. The van der Waals surface area contributed by atoms with E-state index in [4.69, 9.17) is 5.40 Å². The maximum atomic E-state index is 4.94. The molecule has 0 bridgehead atoms. The molecular formula is C4H15NOSi. The van der Waals surface area contributed by atoms with E-state index in [1.165, 1.54) is 6.42 Å². The van der Waals surface area contributed by atoms with Crippen molar-refractivity contribution >= 4 is 9.92 Å². The van der Waals surface area contributed by atoms with Gasteiger partial charge in [-0.2, -0.15) is 0 Å². The highest BCUT2D eigenvalue weighted by Gasteiger charge is 1.54. The quantitative estimate of drug-likeness (QED) is 0.496. The second-order valence-corrected chi connectivity index (χ2v) is 2.07. The van der Waals surface area contributed by atoms with E-state index in [0.717, 1.165) is 0 Å². The SMILES string of the molecule is CCC.CO[SiH2]N. The van der Waals surface area contributed by atoms with Crippen LogP contribution in [0.2, 0.25) is 0 Å². The Morgan fingerprint density at radius 1 is 1.57 bits per heavy atom. The largest absolute Gasteiger partial charge is 0.412 e. The van der Waals surface area contributed by atoms with E-state index in [1.807, 2.05) is 0 Å². The number of nitrogens with two attached hydrogens (primary N) is 1. The average Bonchev–Trinajstić information content (AvgIpc) is 1.69. The van der Waals surface area contributed by atoms with Gasteiger partial charge in [0.2, 0.25) is 9.92 Å². The first kappa shape index (κ1) is 10.2. The first-order chi connectivity index (χ1) is 3.33. The summed E-state index contributed by atoms with van der Waals surface area (Å²) in [6, 6.07) is 0. The number of hydrogen-bond donors (Lipinski definition) is 1. The van der Waals surface area contributed by atoms with Gasteiger partial charge in [-0.15, -0.1) is 0 Å². The van der Waals surface area contributed by atoms with Gasteiger partial charge in [-0.3, -0.25) is 0 Å². The van der Waals surface area contributed by atoms with E-state index < -0.39 is 9.92 Å². The summed E-state index contributed by atoms with van der Waals surface area (Å²) < 4.78 is 4.46.